The molecule has 2 heterocycles. The first-order valence-corrected chi connectivity index (χ1v) is 4.79. The summed E-state index contributed by atoms with van der Waals surface area (Å²) in [5.74, 6) is 0. The molecule has 2 rings (SSSR count). The third-order valence-electron chi connectivity index (χ3n) is 2.18. The van der Waals surface area contributed by atoms with E-state index >= 15 is 0 Å². The number of nitrogens with one attached hydrogen (secondary N) is 1. The van der Waals surface area contributed by atoms with Crippen LogP contribution in [-0.4, -0.2) is 9.97 Å². The van der Waals surface area contributed by atoms with E-state index in [-0.39, 0.29) is 5.56 Å². The summed E-state index contributed by atoms with van der Waals surface area (Å²) in [4.78, 5) is 18.0. The van der Waals surface area contributed by atoms with Gasteiger partial charge in [0.15, 0.2) is 0 Å². The minimum Gasteiger partial charge on any atom is -0.328 e. The number of hydrogen-bond donors (Lipinski definition) is 1. The topological polar surface area (TPSA) is 45.8 Å². The Bertz CT molecular complexity index is 503. The van der Waals surface area contributed by atoms with Crippen molar-refractivity contribution in [3.63, 3.8) is 0 Å². The van der Waals surface area contributed by atoms with Crippen molar-refractivity contribution in [1.82, 2.24) is 9.97 Å². The molecular weight excluding hydrogens is 188 g/mol. The molecule has 3 nitrogen and oxygen atoms in total. The molecule has 0 unspecified atom stereocenters. The highest BCUT2D eigenvalue weighted by atomic mass is 16.1. The van der Waals surface area contributed by atoms with Gasteiger partial charge in [-0.25, -0.2) is 0 Å². The van der Waals surface area contributed by atoms with E-state index in [1.54, 1.807) is 12.3 Å². The molecule has 1 N–H and O–H groups in total. The standard InChI is InChI=1S/C12H12N2O/c1-8-5-9(2)14-11(6-8)10-3-4-12(15)13-7-10/h3-7H,1-2H3,(H,13,15). The first-order chi connectivity index (χ1) is 7.15. The molecule has 0 spiro atoms. The van der Waals surface area contributed by atoms with Gasteiger partial charge in [-0.05, 0) is 37.6 Å². The summed E-state index contributed by atoms with van der Waals surface area (Å²) >= 11 is 0. The third-order valence-corrected chi connectivity index (χ3v) is 2.18. The van der Waals surface area contributed by atoms with Crippen LogP contribution < -0.4 is 5.56 Å². The molecule has 0 aliphatic heterocycles. The Morgan fingerprint density at radius 3 is 2.60 bits per heavy atom. The van der Waals surface area contributed by atoms with E-state index in [4.69, 9.17) is 0 Å². The van der Waals surface area contributed by atoms with E-state index in [0.717, 1.165) is 17.0 Å². The molecule has 0 saturated heterocycles. The normalized spacial score (nSPS) is 10.3. The second-order valence-corrected chi connectivity index (χ2v) is 3.61. The molecule has 0 aromatic carbocycles. The monoisotopic (exact) mass is 200 g/mol. The van der Waals surface area contributed by atoms with Gasteiger partial charge in [-0.3, -0.25) is 9.78 Å². The summed E-state index contributed by atoms with van der Waals surface area (Å²) in [6.07, 6.45) is 1.68. The minimum atomic E-state index is -0.0943. The number of hydrogen-bond acceptors (Lipinski definition) is 2. The Labute approximate surface area is 87.8 Å². The van der Waals surface area contributed by atoms with Gasteiger partial charge < -0.3 is 4.98 Å². The largest absolute Gasteiger partial charge is 0.328 e. The van der Waals surface area contributed by atoms with Crippen LogP contribution in [0.5, 0.6) is 0 Å². The predicted octanol–water partition coefficient (Wildman–Crippen LogP) is 2.05. The van der Waals surface area contributed by atoms with Crippen LogP contribution in [0.15, 0.2) is 35.3 Å². The molecule has 0 atom stereocenters. The molecular formula is C12H12N2O. The van der Waals surface area contributed by atoms with Gasteiger partial charge in [0.2, 0.25) is 5.56 Å². The third kappa shape index (κ3) is 2.13. The van der Waals surface area contributed by atoms with E-state index in [2.05, 4.69) is 9.97 Å². The van der Waals surface area contributed by atoms with Gasteiger partial charge in [0.1, 0.15) is 0 Å². The SMILES string of the molecule is Cc1cc(C)nc(-c2ccc(=O)[nH]c2)c1. The number of aromatic nitrogens is 2. The van der Waals surface area contributed by atoms with Gasteiger partial charge in [0.25, 0.3) is 0 Å². The Morgan fingerprint density at radius 1 is 1.20 bits per heavy atom. The molecule has 0 bridgehead atoms. The van der Waals surface area contributed by atoms with Crippen molar-refractivity contribution in [3.8, 4) is 11.3 Å². The molecule has 0 radical (unpaired) electrons. The highest BCUT2D eigenvalue weighted by molar-refractivity contribution is 5.58. The zero-order valence-corrected chi connectivity index (χ0v) is 8.74. The summed E-state index contributed by atoms with van der Waals surface area (Å²) in [7, 11) is 0. The van der Waals surface area contributed by atoms with Crippen LogP contribution in [0.2, 0.25) is 0 Å². The Hall–Kier alpha value is -1.90. The molecule has 2 aromatic heterocycles. The van der Waals surface area contributed by atoms with Crippen molar-refractivity contribution in [1.29, 1.82) is 0 Å². The van der Waals surface area contributed by atoms with Gasteiger partial charge in [0.05, 0.1) is 5.69 Å². The van der Waals surface area contributed by atoms with E-state index in [9.17, 15) is 4.79 Å². The quantitative estimate of drug-likeness (QED) is 0.765. The van der Waals surface area contributed by atoms with Gasteiger partial charge >= 0.3 is 0 Å². The highest BCUT2D eigenvalue weighted by Crippen LogP contribution is 2.16. The molecule has 0 aliphatic rings. The lowest BCUT2D eigenvalue weighted by Crippen LogP contribution is -2.02. The van der Waals surface area contributed by atoms with Crippen molar-refractivity contribution >= 4 is 0 Å². The van der Waals surface area contributed by atoms with Crippen molar-refractivity contribution < 1.29 is 0 Å². The average molecular weight is 200 g/mol. The maximum absolute atomic E-state index is 10.9. The molecule has 0 fully saturated rings. The summed E-state index contributed by atoms with van der Waals surface area (Å²) in [5, 5.41) is 0. The van der Waals surface area contributed by atoms with E-state index < -0.39 is 0 Å². The second-order valence-electron chi connectivity index (χ2n) is 3.61. The lowest BCUT2D eigenvalue weighted by Gasteiger charge is -2.03. The Balaban J connectivity index is 2.53. The summed E-state index contributed by atoms with van der Waals surface area (Å²) in [5.41, 5.74) is 3.88. The fourth-order valence-electron chi connectivity index (χ4n) is 1.56. The average Bonchev–Trinajstić information content (AvgIpc) is 2.17. The van der Waals surface area contributed by atoms with Gasteiger partial charge in [-0.15, -0.1) is 0 Å². The maximum atomic E-state index is 10.9. The molecule has 0 amide bonds. The van der Waals surface area contributed by atoms with Crippen molar-refractivity contribution in [2.45, 2.75) is 13.8 Å². The number of H-pyrrole nitrogens is 1. The fraction of sp³-hybridized carbons (Fsp3) is 0.167. The number of nitrogens with zero attached hydrogens (tertiary/aromatic N) is 1. The van der Waals surface area contributed by atoms with Crippen LogP contribution in [0.1, 0.15) is 11.3 Å². The first-order valence-electron chi connectivity index (χ1n) is 4.79. The molecule has 0 aliphatic carbocycles. The first kappa shape index (κ1) is 9.65. The lowest BCUT2D eigenvalue weighted by atomic mass is 10.1. The predicted molar refractivity (Wildman–Crippen MR) is 59.8 cm³/mol. The van der Waals surface area contributed by atoms with Crippen LogP contribution >= 0.6 is 0 Å². The van der Waals surface area contributed by atoms with Crippen LogP contribution in [0.3, 0.4) is 0 Å². The summed E-state index contributed by atoms with van der Waals surface area (Å²) in [6.45, 7) is 3.99. The molecule has 3 heteroatoms. The van der Waals surface area contributed by atoms with Crippen molar-refractivity contribution in [2.75, 3.05) is 0 Å². The number of rotatable bonds is 1. The second kappa shape index (κ2) is 3.69. The summed E-state index contributed by atoms with van der Waals surface area (Å²) < 4.78 is 0. The molecule has 15 heavy (non-hydrogen) atoms. The smallest absolute Gasteiger partial charge is 0.247 e. The van der Waals surface area contributed by atoms with Gasteiger partial charge in [-0.2, -0.15) is 0 Å². The Kier molecular flexibility index (Phi) is 2.37. The van der Waals surface area contributed by atoms with Crippen LogP contribution in [-0.2, 0) is 0 Å². The van der Waals surface area contributed by atoms with Gasteiger partial charge in [-0.1, -0.05) is 0 Å². The maximum Gasteiger partial charge on any atom is 0.247 e. The minimum absolute atomic E-state index is 0.0943. The van der Waals surface area contributed by atoms with Crippen molar-refractivity contribution in [3.05, 3.63) is 52.1 Å². The number of aromatic amines is 1. The number of aryl methyl sites for hydroxylation is 2. The Morgan fingerprint density at radius 2 is 2.00 bits per heavy atom. The van der Waals surface area contributed by atoms with E-state index in [0.29, 0.717) is 0 Å². The zero-order valence-electron chi connectivity index (χ0n) is 8.74. The molecule has 76 valence electrons. The number of pyridine rings is 2. The van der Waals surface area contributed by atoms with Crippen LogP contribution in [0.25, 0.3) is 11.3 Å². The van der Waals surface area contributed by atoms with Crippen LogP contribution in [0.4, 0.5) is 0 Å². The molecule has 0 saturated carbocycles. The molecule has 2 aromatic rings. The van der Waals surface area contributed by atoms with Gasteiger partial charge in [0, 0.05) is 23.5 Å². The van der Waals surface area contributed by atoms with E-state index in [1.807, 2.05) is 26.0 Å². The zero-order chi connectivity index (χ0) is 10.8. The van der Waals surface area contributed by atoms with E-state index in [1.165, 1.54) is 11.6 Å². The summed E-state index contributed by atoms with van der Waals surface area (Å²) in [6, 6.07) is 7.31. The highest BCUT2D eigenvalue weighted by Gasteiger charge is 2.00. The van der Waals surface area contributed by atoms with Crippen molar-refractivity contribution in [2.24, 2.45) is 0 Å². The fourth-order valence-corrected chi connectivity index (χ4v) is 1.56. The lowest BCUT2D eigenvalue weighted by molar-refractivity contribution is 1.16. The van der Waals surface area contributed by atoms with Crippen LogP contribution in [0, 0.1) is 13.8 Å².